The lowest BCUT2D eigenvalue weighted by Crippen LogP contribution is -2.30. The van der Waals surface area contributed by atoms with E-state index in [1.807, 2.05) is 25.1 Å². The van der Waals surface area contributed by atoms with Gasteiger partial charge in [0.2, 0.25) is 0 Å². The first-order valence-corrected chi connectivity index (χ1v) is 7.14. The highest BCUT2D eigenvalue weighted by Gasteiger charge is 2.21. The molecule has 2 aromatic rings. The number of benzene rings is 1. The van der Waals surface area contributed by atoms with E-state index in [-0.39, 0.29) is 12.1 Å². The highest BCUT2D eigenvalue weighted by molar-refractivity contribution is 7.13. The van der Waals surface area contributed by atoms with Crippen molar-refractivity contribution in [1.29, 1.82) is 0 Å². The molecule has 1 amide bonds. The highest BCUT2D eigenvalue weighted by Crippen LogP contribution is 2.21. The van der Waals surface area contributed by atoms with Crippen LogP contribution in [-0.2, 0) is 4.79 Å². The highest BCUT2D eigenvalue weighted by atomic mass is 32.1. The molecule has 0 aliphatic carbocycles. The summed E-state index contributed by atoms with van der Waals surface area (Å²) in [5.74, 6) is -1.42. The van der Waals surface area contributed by atoms with Crippen molar-refractivity contribution in [3.05, 3.63) is 46.5 Å². The number of nitrogens with zero attached hydrogens (tertiary/aromatic N) is 1. The molecule has 0 spiro atoms. The summed E-state index contributed by atoms with van der Waals surface area (Å²) in [7, 11) is 0. The standard InChI is InChI=1S/C14H15N3O3S/c1-8-4-2-3-5-9(8)10(6-12(18)19)16-13(20)11-7-21-14(15)17-11/h2-5,7,10H,6H2,1H3,(H2,15,17)(H,16,20)(H,18,19)/t10-/m0/s1. The van der Waals surface area contributed by atoms with Crippen molar-refractivity contribution in [3.63, 3.8) is 0 Å². The molecule has 0 saturated carbocycles. The van der Waals surface area contributed by atoms with Gasteiger partial charge < -0.3 is 16.2 Å². The number of carboxylic acids is 1. The number of aliphatic carboxylic acids is 1. The molecule has 0 aliphatic heterocycles. The lowest BCUT2D eigenvalue weighted by atomic mass is 9.98. The summed E-state index contributed by atoms with van der Waals surface area (Å²) in [4.78, 5) is 27.0. The zero-order valence-corrected chi connectivity index (χ0v) is 12.2. The van der Waals surface area contributed by atoms with Crippen molar-refractivity contribution >= 4 is 28.3 Å². The second kappa shape index (κ2) is 6.36. The topological polar surface area (TPSA) is 105 Å². The summed E-state index contributed by atoms with van der Waals surface area (Å²) in [6, 6.07) is 6.73. The van der Waals surface area contributed by atoms with Crippen molar-refractivity contribution in [2.75, 3.05) is 5.73 Å². The Morgan fingerprint density at radius 3 is 2.71 bits per heavy atom. The summed E-state index contributed by atoms with van der Waals surface area (Å²) < 4.78 is 0. The molecule has 110 valence electrons. The third-order valence-corrected chi connectivity index (χ3v) is 3.68. The maximum absolute atomic E-state index is 12.1. The third-order valence-electron chi connectivity index (χ3n) is 3.00. The quantitative estimate of drug-likeness (QED) is 0.783. The molecule has 7 heteroatoms. The van der Waals surface area contributed by atoms with Gasteiger partial charge in [-0.25, -0.2) is 4.98 Å². The Morgan fingerprint density at radius 1 is 1.43 bits per heavy atom. The number of anilines is 1. The van der Waals surface area contributed by atoms with Crippen molar-refractivity contribution in [3.8, 4) is 0 Å². The molecule has 6 nitrogen and oxygen atoms in total. The normalized spacial score (nSPS) is 11.9. The average Bonchev–Trinajstić information content (AvgIpc) is 2.85. The zero-order valence-electron chi connectivity index (χ0n) is 11.4. The fourth-order valence-electron chi connectivity index (χ4n) is 2.02. The van der Waals surface area contributed by atoms with E-state index in [1.165, 1.54) is 0 Å². The minimum absolute atomic E-state index is 0.196. The number of nitrogen functional groups attached to an aromatic ring is 1. The van der Waals surface area contributed by atoms with Gasteiger partial charge in [0.05, 0.1) is 12.5 Å². The predicted molar refractivity (Wildman–Crippen MR) is 80.2 cm³/mol. The van der Waals surface area contributed by atoms with Crippen LogP contribution in [0, 0.1) is 6.92 Å². The fraction of sp³-hybridized carbons (Fsp3) is 0.214. The van der Waals surface area contributed by atoms with Gasteiger partial charge >= 0.3 is 5.97 Å². The molecule has 2 rings (SSSR count). The first kappa shape index (κ1) is 15.0. The summed E-state index contributed by atoms with van der Waals surface area (Å²) >= 11 is 1.16. The van der Waals surface area contributed by atoms with Crippen molar-refractivity contribution in [2.45, 2.75) is 19.4 Å². The Hall–Kier alpha value is -2.41. The summed E-state index contributed by atoms with van der Waals surface area (Å²) in [5.41, 5.74) is 7.39. The number of aromatic nitrogens is 1. The Labute approximate surface area is 125 Å². The second-order valence-corrected chi connectivity index (χ2v) is 5.44. The van der Waals surface area contributed by atoms with Crippen molar-refractivity contribution in [1.82, 2.24) is 10.3 Å². The van der Waals surface area contributed by atoms with Gasteiger partial charge in [-0.15, -0.1) is 11.3 Å². The molecule has 1 atom stereocenters. The number of hydrogen-bond donors (Lipinski definition) is 3. The van der Waals surface area contributed by atoms with Crippen LogP contribution in [0.1, 0.15) is 34.1 Å². The van der Waals surface area contributed by atoms with Crippen LogP contribution in [0.25, 0.3) is 0 Å². The molecule has 0 aliphatic rings. The van der Waals surface area contributed by atoms with Crippen molar-refractivity contribution < 1.29 is 14.7 Å². The van der Waals surface area contributed by atoms with Gasteiger partial charge in [0.25, 0.3) is 5.91 Å². The molecule has 0 fully saturated rings. The van der Waals surface area contributed by atoms with Gasteiger partial charge in [0, 0.05) is 5.38 Å². The van der Waals surface area contributed by atoms with Gasteiger partial charge in [-0.1, -0.05) is 24.3 Å². The molecular weight excluding hydrogens is 290 g/mol. The maximum atomic E-state index is 12.1. The molecule has 21 heavy (non-hydrogen) atoms. The van der Waals surface area contributed by atoms with E-state index >= 15 is 0 Å². The largest absolute Gasteiger partial charge is 0.481 e. The van der Waals surface area contributed by atoms with Gasteiger partial charge in [-0.05, 0) is 18.1 Å². The predicted octanol–water partition coefficient (Wildman–Crippen LogP) is 1.98. The van der Waals surface area contributed by atoms with E-state index in [2.05, 4.69) is 10.3 Å². The zero-order chi connectivity index (χ0) is 15.4. The van der Waals surface area contributed by atoms with E-state index in [4.69, 9.17) is 10.8 Å². The Bertz CT molecular complexity index is 669. The van der Waals surface area contributed by atoms with E-state index in [0.717, 1.165) is 22.5 Å². The molecule has 0 saturated heterocycles. The van der Waals surface area contributed by atoms with Crippen molar-refractivity contribution in [2.24, 2.45) is 0 Å². The van der Waals surface area contributed by atoms with Crippen LogP contribution in [0.3, 0.4) is 0 Å². The number of carbonyl (C=O) groups excluding carboxylic acids is 1. The van der Waals surface area contributed by atoms with Crippen LogP contribution in [0.2, 0.25) is 0 Å². The minimum Gasteiger partial charge on any atom is -0.481 e. The minimum atomic E-state index is -0.985. The number of carbonyl (C=O) groups is 2. The first-order valence-electron chi connectivity index (χ1n) is 6.26. The van der Waals surface area contributed by atoms with Crippen LogP contribution in [0.4, 0.5) is 5.13 Å². The molecule has 0 bridgehead atoms. The lowest BCUT2D eigenvalue weighted by molar-refractivity contribution is -0.137. The summed E-state index contributed by atoms with van der Waals surface area (Å²) in [6.45, 7) is 1.87. The molecule has 0 radical (unpaired) electrons. The van der Waals surface area contributed by atoms with Gasteiger partial charge in [0.1, 0.15) is 5.69 Å². The molecule has 1 heterocycles. The number of aryl methyl sites for hydroxylation is 1. The number of amides is 1. The van der Waals surface area contributed by atoms with Crippen LogP contribution < -0.4 is 11.1 Å². The number of rotatable bonds is 5. The smallest absolute Gasteiger partial charge is 0.305 e. The first-order chi connectivity index (χ1) is 9.97. The molecule has 1 aromatic carbocycles. The van der Waals surface area contributed by atoms with Crippen LogP contribution in [0.15, 0.2) is 29.6 Å². The number of nitrogens with one attached hydrogen (secondary N) is 1. The molecule has 4 N–H and O–H groups in total. The van der Waals surface area contributed by atoms with E-state index in [9.17, 15) is 9.59 Å². The van der Waals surface area contributed by atoms with E-state index in [0.29, 0.717) is 5.13 Å². The Balaban J connectivity index is 2.23. The van der Waals surface area contributed by atoms with E-state index < -0.39 is 17.9 Å². The second-order valence-electron chi connectivity index (χ2n) is 4.55. The average molecular weight is 305 g/mol. The Kier molecular flexibility index (Phi) is 4.54. The third kappa shape index (κ3) is 3.79. The SMILES string of the molecule is Cc1ccccc1[C@H](CC(=O)O)NC(=O)c1csc(N)n1. The summed E-state index contributed by atoms with van der Waals surface area (Å²) in [6.07, 6.45) is -0.198. The summed E-state index contributed by atoms with van der Waals surface area (Å²) in [5, 5.41) is 13.6. The number of hydrogen-bond acceptors (Lipinski definition) is 5. The van der Waals surface area contributed by atoms with Crippen LogP contribution in [0.5, 0.6) is 0 Å². The van der Waals surface area contributed by atoms with Gasteiger partial charge in [-0.2, -0.15) is 0 Å². The van der Waals surface area contributed by atoms with Gasteiger partial charge in [0.15, 0.2) is 5.13 Å². The van der Waals surface area contributed by atoms with E-state index in [1.54, 1.807) is 11.4 Å². The molecule has 0 unspecified atom stereocenters. The van der Waals surface area contributed by atoms with Crippen LogP contribution >= 0.6 is 11.3 Å². The fourth-order valence-corrected chi connectivity index (χ4v) is 2.56. The number of nitrogens with two attached hydrogens (primary N) is 1. The molecule has 1 aromatic heterocycles. The Morgan fingerprint density at radius 2 is 2.14 bits per heavy atom. The monoisotopic (exact) mass is 305 g/mol. The van der Waals surface area contributed by atoms with Crippen LogP contribution in [-0.4, -0.2) is 22.0 Å². The lowest BCUT2D eigenvalue weighted by Gasteiger charge is -2.18. The maximum Gasteiger partial charge on any atom is 0.305 e. The molecular formula is C14H15N3O3S. The van der Waals surface area contributed by atoms with Gasteiger partial charge in [-0.3, -0.25) is 9.59 Å². The number of carboxylic acid groups (broad SMARTS) is 1. The number of thiazole rings is 1.